The highest BCUT2D eigenvalue weighted by atomic mass is 79.9. The number of imide groups is 1. The maximum absolute atomic E-state index is 12.7. The third-order valence-electron chi connectivity index (χ3n) is 3.67. The minimum atomic E-state index is -0.644. The van der Waals surface area contributed by atoms with Crippen LogP contribution in [0, 0.1) is 0 Å². The van der Waals surface area contributed by atoms with Crippen molar-refractivity contribution in [3.8, 4) is 5.75 Å². The van der Waals surface area contributed by atoms with Gasteiger partial charge in [-0.3, -0.25) is 19.8 Å². The normalized spacial score (nSPS) is 13.0. The van der Waals surface area contributed by atoms with Crippen LogP contribution in [0.3, 0.4) is 0 Å². The predicted molar refractivity (Wildman–Crippen MR) is 108 cm³/mol. The Morgan fingerprint density at radius 2 is 1.42 bits per heavy atom. The highest BCUT2D eigenvalue weighted by molar-refractivity contribution is 9.15. The summed E-state index contributed by atoms with van der Waals surface area (Å²) in [4.78, 5) is 38.0. The van der Waals surface area contributed by atoms with Gasteiger partial charge in [-0.05, 0) is 75.9 Å². The summed E-state index contributed by atoms with van der Waals surface area (Å²) < 4.78 is 7.11. The van der Waals surface area contributed by atoms with Gasteiger partial charge < -0.3 is 4.74 Å². The van der Waals surface area contributed by atoms with Crippen LogP contribution in [-0.4, -0.2) is 29.8 Å². The van der Waals surface area contributed by atoms with Gasteiger partial charge in [-0.15, -0.1) is 0 Å². The largest absolute Gasteiger partial charge is 0.496 e. The average molecular weight is 612 g/mol. The van der Waals surface area contributed by atoms with E-state index in [1.165, 1.54) is 13.2 Å². The van der Waals surface area contributed by atoms with Crippen LogP contribution in [0.1, 0.15) is 31.1 Å². The van der Waals surface area contributed by atoms with E-state index in [1.807, 2.05) is 0 Å². The van der Waals surface area contributed by atoms with Gasteiger partial charge in [-0.2, -0.15) is 5.01 Å². The summed E-state index contributed by atoms with van der Waals surface area (Å²) in [6.45, 7) is 0. The molecule has 0 unspecified atom stereocenters. The number of para-hydroxylation sites is 1. The molecule has 0 aromatic heterocycles. The second kappa shape index (κ2) is 7.41. The summed E-state index contributed by atoms with van der Waals surface area (Å²) >= 11 is 13.3. The van der Waals surface area contributed by atoms with Crippen LogP contribution in [0.15, 0.2) is 42.2 Å². The van der Waals surface area contributed by atoms with E-state index < -0.39 is 17.7 Å². The van der Waals surface area contributed by atoms with Crippen molar-refractivity contribution in [1.29, 1.82) is 0 Å². The summed E-state index contributed by atoms with van der Waals surface area (Å²) in [5.74, 6) is -1.60. The number of amides is 3. The Balaban J connectivity index is 2.00. The number of fused-ring (bicyclic) bond motifs is 1. The molecule has 0 atom stereocenters. The van der Waals surface area contributed by atoms with E-state index in [2.05, 4.69) is 69.1 Å². The molecule has 6 nitrogen and oxygen atoms in total. The molecule has 3 amide bonds. The summed E-state index contributed by atoms with van der Waals surface area (Å²) in [5.41, 5.74) is 2.85. The quantitative estimate of drug-likeness (QED) is 0.311. The molecule has 0 bridgehead atoms. The molecule has 0 radical (unpaired) electrons. The van der Waals surface area contributed by atoms with Crippen LogP contribution in [0.2, 0.25) is 0 Å². The maximum atomic E-state index is 12.7. The van der Waals surface area contributed by atoms with Crippen molar-refractivity contribution in [1.82, 2.24) is 10.4 Å². The van der Waals surface area contributed by atoms with Crippen molar-refractivity contribution in [2.75, 3.05) is 7.11 Å². The van der Waals surface area contributed by atoms with E-state index >= 15 is 0 Å². The Hall–Kier alpha value is -1.23. The monoisotopic (exact) mass is 608 g/mol. The van der Waals surface area contributed by atoms with Crippen LogP contribution in [0.25, 0.3) is 0 Å². The summed E-state index contributed by atoms with van der Waals surface area (Å²) in [7, 11) is 1.43. The fraction of sp³-hybridized carbons (Fsp3) is 0.0625. The van der Waals surface area contributed by atoms with Crippen LogP contribution >= 0.6 is 63.7 Å². The zero-order chi connectivity index (χ0) is 19.2. The molecule has 1 heterocycles. The number of benzene rings is 2. The number of methoxy groups -OCH3 is 1. The molecule has 0 saturated carbocycles. The minimum Gasteiger partial charge on any atom is -0.496 e. The van der Waals surface area contributed by atoms with Gasteiger partial charge in [-0.25, -0.2) is 0 Å². The van der Waals surface area contributed by atoms with E-state index in [0.29, 0.717) is 28.6 Å². The number of ether oxygens (including phenoxy) is 1. The zero-order valence-corrected chi connectivity index (χ0v) is 19.2. The van der Waals surface area contributed by atoms with Crippen molar-refractivity contribution in [3.63, 3.8) is 0 Å². The SMILES string of the molecule is COc1ccccc1C(=O)NN1C(=O)c2c(Br)c(Br)c(Br)c(Br)c2C1=O. The number of halogens is 4. The number of carbonyl (C=O) groups excluding carboxylic acids is 3. The summed E-state index contributed by atoms with van der Waals surface area (Å²) in [5, 5.41) is 0.688. The zero-order valence-electron chi connectivity index (χ0n) is 12.9. The molecule has 0 fully saturated rings. The van der Waals surface area contributed by atoms with E-state index in [1.54, 1.807) is 18.2 Å². The van der Waals surface area contributed by atoms with Crippen molar-refractivity contribution < 1.29 is 19.1 Å². The first-order valence-corrected chi connectivity index (χ1v) is 10.2. The first kappa shape index (κ1) is 19.5. The second-order valence-corrected chi connectivity index (χ2v) is 8.26. The van der Waals surface area contributed by atoms with Gasteiger partial charge in [0.25, 0.3) is 17.7 Å². The Kier molecular flexibility index (Phi) is 5.57. The molecule has 134 valence electrons. The molecular weight excluding hydrogens is 604 g/mol. The smallest absolute Gasteiger partial charge is 0.281 e. The molecule has 2 aromatic carbocycles. The molecule has 0 saturated heterocycles. The van der Waals surface area contributed by atoms with E-state index in [4.69, 9.17) is 4.74 Å². The predicted octanol–water partition coefficient (Wildman–Crippen LogP) is 4.69. The highest BCUT2D eigenvalue weighted by Crippen LogP contribution is 2.45. The molecule has 1 aliphatic rings. The van der Waals surface area contributed by atoms with Crippen LogP contribution < -0.4 is 10.2 Å². The maximum Gasteiger partial charge on any atom is 0.281 e. The van der Waals surface area contributed by atoms with Gasteiger partial charge in [0, 0.05) is 17.9 Å². The Bertz CT molecular complexity index is 930. The van der Waals surface area contributed by atoms with Crippen molar-refractivity contribution in [3.05, 3.63) is 58.8 Å². The lowest BCUT2D eigenvalue weighted by Crippen LogP contribution is -2.46. The second-order valence-electron chi connectivity index (χ2n) is 5.09. The molecular formula is C16H8Br4N2O4. The van der Waals surface area contributed by atoms with Gasteiger partial charge in [-0.1, -0.05) is 12.1 Å². The van der Waals surface area contributed by atoms with Gasteiger partial charge in [0.1, 0.15) is 5.75 Å². The van der Waals surface area contributed by atoms with E-state index in [0.717, 1.165) is 0 Å². The highest BCUT2D eigenvalue weighted by Gasteiger charge is 2.42. The third-order valence-corrected chi connectivity index (χ3v) is 8.43. The average Bonchev–Trinajstić information content (AvgIpc) is 2.89. The molecule has 0 aliphatic carbocycles. The van der Waals surface area contributed by atoms with Crippen molar-refractivity contribution >= 4 is 81.4 Å². The number of carbonyl (C=O) groups is 3. The van der Waals surface area contributed by atoms with E-state index in [-0.39, 0.29) is 16.7 Å². The number of hydrazine groups is 1. The fourth-order valence-electron chi connectivity index (χ4n) is 2.44. The number of nitrogens with one attached hydrogen (secondary N) is 1. The van der Waals surface area contributed by atoms with Crippen molar-refractivity contribution in [2.45, 2.75) is 0 Å². The molecule has 0 spiro atoms. The van der Waals surface area contributed by atoms with Crippen LogP contribution in [0.4, 0.5) is 0 Å². The first-order valence-electron chi connectivity index (χ1n) is 6.98. The fourth-order valence-corrected chi connectivity index (χ4v) is 4.90. The molecule has 10 heteroatoms. The molecule has 1 N–H and O–H groups in total. The Morgan fingerprint density at radius 1 is 0.923 bits per heavy atom. The summed E-state index contributed by atoms with van der Waals surface area (Å²) in [6, 6.07) is 6.51. The Labute approximate surface area is 181 Å². The number of nitrogens with zero attached hydrogens (tertiary/aromatic N) is 1. The minimum absolute atomic E-state index is 0.150. The van der Waals surface area contributed by atoms with Gasteiger partial charge in [0.2, 0.25) is 0 Å². The van der Waals surface area contributed by atoms with Gasteiger partial charge >= 0.3 is 0 Å². The lowest BCUT2D eigenvalue weighted by molar-refractivity contribution is 0.0516. The number of hydrogen-bond donors (Lipinski definition) is 1. The van der Waals surface area contributed by atoms with Gasteiger partial charge in [0.15, 0.2) is 0 Å². The Morgan fingerprint density at radius 3 is 1.92 bits per heavy atom. The lowest BCUT2D eigenvalue weighted by Gasteiger charge is -2.16. The standard InChI is InChI=1S/C16H8Br4N2O4/c1-26-7-5-3-2-4-6(7)14(23)21-22-15(24)8-9(16(22)25)11(18)13(20)12(19)10(8)17/h2-5H,1H3,(H,21,23). The lowest BCUT2D eigenvalue weighted by atomic mass is 10.1. The van der Waals surface area contributed by atoms with Crippen LogP contribution in [0.5, 0.6) is 5.75 Å². The van der Waals surface area contributed by atoms with Crippen LogP contribution in [-0.2, 0) is 0 Å². The molecule has 26 heavy (non-hydrogen) atoms. The molecule has 3 rings (SSSR count). The number of rotatable bonds is 3. The number of hydrogen-bond acceptors (Lipinski definition) is 4. The van der Waals surface area contributed by atoms with Crippen molar-refractivity contribution in [2.24, 2.45) is 0 Å². The van der Waals surface area contributed by atoms with E-state index in [9.17, 15) is 14.4 Å². The molecule has 1 aliphatic heterocycles. The van der Waals surface area contributed by atoms with Gasteiger partial charge in [0.05, 0.1) is 23.8 Å². The summed E-state index contributed by atoms with van der Waals surface area (Å²) in [6.07, 6.45) is 0. The first-order chi connectivity index (χ1) is 12.3. The third kappa shape index (κ3) is 3.02. The molecule has 2 aromatic rings. The topological polar surface area (TPSA) is 75.7 Å².